The van der Waals surface area contributed by atoms with Crippen LogP contribution in [0.1, 0.15) is 29.5 Å². The minimum absolute atomic E-state index is 0.208. The number of rotatable bonds is 5. The van der Waals surface area contributed by atoms with Crippen LogP contribution in [-0.2, 0) is 16.1 Å². The van der Waals surface area contributed by atoms with Gasteiger partial charge in [-0.3, -0.25) is 9.59 Å². The van der Waals surface area contributed by atoms with Crippen LogP contribution in [-0.4, -0.2) is 11.8 Å². The van der Waals surface area contributed by atoms with Crippen LogP contribution < -0.4 is 10.6 Å². The molecular formula is C20H21ClN2O2. The highest BCUT2D eigenvalue weighted by molar-refractivity contribution is 6.30. The third kappa shape index (κ3) is 3.69. The van der Waals surface area contributed by atoms with Crippen LogP contribution in [0.25, 0.3) is 0 Å². The van der Waals surface area contributed by atoms with Crippen LogP contribution in [0, 0.1) is 19.3 Å². The van der Waals surface area contributed by atoms with Gasteiger partial charge in [0.25, 0.3) is 0 Å². The number of hydrogen-bond acceptors (Lipinski definition) is 2. The van der Waals surface area contributed by atoms with Gasteiger partial charge in [-0.1, -0.05) is 35.9 Å². The van der Waals surface area contributed by atoms with E-state index in [1.165, 1.54) is 0 Å². The number of halogens is 1. The first-order chi connectivity index (χ1) is 11.9. The molecule has 0 unspecified atom stereocenters. The lowest BCUT2D eigenvalue weighted by Crippen LogP contribution is -2.39. The molecule has 3 rings (SSSR count). The molecule has 0 spiro atoms. The van der Waals surface area contributed by atoms with E-state index < -0.39 is 5.41 Å². The van der Waals surface area contributed by atoms with Crippen molar-refractivity contribution in [3.8, 4) is 0 Å². The Labute approximate surface area is 152 Å². The largest absolute Gasteiger partial charge is 0.351 e. The summed E-state index contributed by atoms with van der Waals surface area (Å²) in [5.41, 5.74) is 2.79. The van der Waals surface area contributed by atoms with Gasteiger partial charge < -0.3 is 10.6 Å². The molecule has 0 aromatic heterocycles. The number of carbonyl (C=O) groups is 2. The number of hydrogen-bond donors (Lipinski definition) is 2. The molecule has 4 nitrogen and oxygen atoms in total. The Morgan fingerprint density at radius 2 is 1.76 bits per heavy atom. The molecule has 130 valence electrons. The van der Waals surface area contributed by atoms with E-state index in [4.69, 9.17) is 11.6 Å². The van der Waals surface area contributed by atoms with Gasteiger partial charge in [0.15, 0.2) is 0 Å². The fraction of sp³-hybridized carbons (Fsp3) is 0.300. The summed E-state index contributed by atoms with van der Waals surface area (Å²) in [7, 11) is 0. The van der Waals surface area contributed by atoms with Crippen molar-refractivity contribution in [1.29, 1.82) is 0 Å². The zero-order chi connectivity index (χ0) is 18.0. The van der Waals surface area contributed by atoms with E-state index in [0.29, 0.717) is 30.1 Å². The quantitative estimate of drug-likeness (QED) is 0.796. The molecule has 0 aliphatic heterocycles. The monoisotopic (exact) mass is 356 g/mol. The van der Waals surface area contributed by atoms with Crippen LogP contribution in [0.3, 0.4) is 0 Å². The van der Waals surface area contributed by atoms with Crippen LogP contribution in [0.5, 0.6) is 0 Å². The van der Waals surface area contributed by atoms with Crippen molar-refractivity contribution in [2.45, 2.75) is 33.2 Å². The molecule has 1 fully saturated rings. The van der Waals surface area contributed by atoms with Gasteiger partial charge >= 0.3 is 0 Å². The van der Waals surface area contributed by atoms with Crippen molar-refractivity contribution in [1.82, 2.24) is 5.32 Å². The topological polar surface area (TPSA) is 58.2 Å². The van der Waals surface area contributed by atoms with Crippen LogP contribution >= 0.6 is 11.6 Å². The molecule has 0 atom stereocenters. The predicted molar refractivity (Wildman–Crippen MR) is 99.5 cm³/mol. The molecule has 2 aromatic rings. The van der Waals surface area contributed by atoms with E-state index >= 15 is 0 Å². The maximum Gasteiger partial charge on any atom is 0.240 e. The standard InChI is InChI=1S/C20H21ClN2O2/c1-13-5-3-4-6-15(13)12-22-18(24)20(9-10-20)19(25)23-17-8-7-16(21)11-14(17)2/h3-8,11H,9-10,12H2,1-2H3,(H,22,24)(H,23,25). The van der Waals surface area contributed by atoms with Crippen molar-refractivity contribution in [3.05, 3.63) is 64.2 Å². The first-order valence-corrected chi connectivity index (χ1v) is 8.70. The second-order valence-electron chi connectivity index (χ2n) is 6.60. The van der Waals surface area contributed by atoms with Gasteiger partial charge in [-0.05, 0) is 61.6 Å². The summed E-state index contributed by atoms with van der Waals surface area (Å²) in [5.74, 6) is -0.458. The summed E-state index contributed by atoms with van der Waals surface area (Å²) in [5, 5.41) is 6.40. The fourth-order valence-corrected chi connectivity index (χ4v) is 3.07. The van der Waals surface area contributed by atoms with E-state index in [1.54, 1.807) is 18.2 Å². The van der Waals surface area contributed by atoms with Crippen LogP contribution in [0.2, 0.25) is 5.02 Å². The molecule has 1 aliphatic carbocycles. The van der Waals surface area contributed by atoms with Gasteiger partial charge in [0, 0.05) is 17.3 Å². The second kappa shape index (κ2) is 6.89. The molecule has 2 N–H and O–H groups in total. The highest BCUT2D eigenvalue weighted by Crippen LogP contribution is 2.47. The molecule has 2 amide bonds. The SMILES string of the molecule is Cc1ccccc1CNC(=O)C1(C(=O)Nc2ccc(Cl)cc2C)CC1. The van der Waals surface area contributed by atoms with Gasteiger partial charge in [0.2, 0.25) is 11.8 Å². The Bertz CT molecular complexity index is 828. The lowest BCUT2D eigenvalue weighted by Gasteiger charge is -2.17. The minimum Gasteiger partial charge on any atom is -0.351 e. The first-order valence-electron chi connectivity index (χ1n) is 8.33. The van der Waals surface area contributed by atoms with E-state index in [1.807, 2.05) is 38.1 Å². The molecule has 0 radical (unpaired) electrons. The highest BCUT2D eigenvalue weighted by atomic mass is 35.5. The number of anilines is 1. The Hall–Kier alpha value is -2.33. The molecule has 0 bridgehead atoms. The first kappa shape index (κ1) is 17.5. The molecule has 0 saturated heterocycles. The highest BCUT2D eigenvalue weighted by Gasteiger charge is 2.56. The normalized spacial score (nSPS) is 14.7. The minimum atomic E-state index is -0.950. The molecule has 1 saturated carbocycles. The lowest BCUT2D eigenvalue weighted by atomic mass is 10.0. The van der Waals surface area contributed by atoms with E-state index in [0.717, 1.165) is 16.7 Å². The molecule has 25 heavy (non-hydrogen) atoms. The maximum absolute atomic E-state index is 12.6. The fourth-order valence-electron chi connectivity index (χ4n) is 2.84. The number of aryl methyl sites for hydroxylation is 2. The van der Waals surface area contributed by atoms with Crippen molar-refractivity contribution in [2.75, 3.05) is 5.32 Å². The number of benzene rings is 2. The number of nitrogens with one attached hydrogen (secondary N) is 2. The predicted octanol–water partition coefficient (Wildman–Crippen LogP) is 3.99. The summed E-state index contributed by atoms with van der Waals surface area (Å²) >= 11 is 5.94. The Kier molecular flexibility index (Phi) is 4.82. The Morgan fingerprint density at radius 1 is 1.04 bits per heavy atom. The van der Waals surface area contributed by atoms with Gasteiger partial charge in [-0.25, -0.2) is 0 Å². The van der Waals surface area contributed by atoms with Gasteiger partial charge in [0.1, 0.15) is 5.41 Å². The molecule has 5 heteroatoms. The lowest BCUT2D eigenvalue weighted by molar-refractivity contribution is -0.134. The maximum atomic E-state index is 12.6. The average molecular weight is 357 g/mol. The smallest absolute Gasteiger partial charge is 0.240 e. The summed E-state index contributed by atoms with van der Waals surface area (Å²) in [4.78, 5) is 25.2. The van der Waals surface area contributed by atoms with Crippen molar-refractivity contribution < 1.29 is 9.59 Å². The Morgan fingerprint density at radius 3 is 2.40 bits per heavy atom. The Balaban J connectivity index is 1.65. The van der Waals surface area contributed by atoms with Crippen molar-refractivity contribution in [3.63, 3.8) is 0 Å². The summed E-state index contributed by atoms with van der Waals surface area (Å²) < 4.78 is 0. The van der Waals surface area contributed by atoms with Crippen molar-refractivity contribution >= 4 is 29.1 Å². The zero-order valence-corrected chi connectivity index (χ0v) is 15.1. The molecule has 0 heterocycles. The van der Waals surface area contributed by atoms with Gasteiger partial charge in [-0.15, -0.1) is 0 Å². The summed E-state index contributed by atoms with van der Waals surface area (Å²) in [6.07, 6.45) is 1.15. The van der Waals surface area contributed by atoms with Crippen molar-refractivity contribution in [2.24, 2.45) is 5.41 Å². The van der Waals surface area contributed by atoms with E-state index in [2.05, 4.69) is 10.6 Å². The average Bonchev–Trinajstić information content (AvgIpc) is 3.38. The third-order valence-corrected chi connectivity index (χ3v) is 4.99. The van der Waals surface area contributed by atoms with E-state index in [9.17, 15) is 9.59 Å². The summed E-state index contributed by atoms with van der Waals surface area (Å²) in [6.45, 7) is 4.31. The third-order valence-electron chi connectivity index (χ3n) is 4.76. The zero-order valence-electron chi connectivity index (χ0n) is 14.4. The molecule has 1 aliphatic rings. The molecule has 2 aromatic carbocycles. The van der Waals surface area contributed by atoms with Gasteiger partial charge in [-0.2, -0.15) is 0 Å². The second-order valence-corrected chi connectivity index (χ2v) is 7.04. The molecular weight excluding hydrogens is 336 g/mol. The number of amides is 2. The van der Waals surface area contributed by atoms with Crippen LogP contribution in [0.15, 0.2) is 42.5 Å². The van der Waals surface area contributed by atoms with E-state index in [-0.39, 0.29) is 11.8 Å². The van der Waals surface area contributed by atoms with Crippen LogP contribution in [0.4, 0.5) is 5.69 Å². The summed E-state index contributed by atoms with van der Waals surface area (Å²) in [6, 6.07) is 13.2. The number of carbonyl (C=O) groups excluding carboxylic acids is 2. The van der Waals surface area contributed by atoms with Gasteiger partial charge in [0.05, 0.1) is 0 Å².